The second kappa shape index (κ2) is 5.58. The van der Waals surface area contributed by atoms with Crippen LogP contribution in [-0.2, 0) is 9.53 Å². The van der Waals surface area contributed by atoms with Crippen molar-refractivity contribution < 1.29 is 14.5 Å². The molecule has 0 saturated heterocycles. The third kappa shape index (κ3) is 3.25. The van der Waals surface area contributed by atoms with Crippen LogP contribution >= 0.6 is 0 Å². The number of benzene rings is 1. The first kappa shape index (κ1) is 12.6. The van der Waals surface area contributed by atoms with Crippen molar-refractivity contribution in [3.05, 3.63) is 33.9 Å². The van der Waals surface area contributed by atoms with Gasteiger partial charge in [-0.3, -0.25) is 14.9 Å². The van der Waals surface area contributed by atoms with Crippen LogP contribution in [0.25, 0.3) is 0 Å². The van der Waals surface area contributed by atoms with E-state index in [0.717, 1.165) is 6.07 Å². The molecule has 7 heteroatoms. The molecule has 7 nitrogen and oxygen atoms in total. The predicted octanol–water partition coefficient (Wildman–Crippen LogP) is 1.05. The first-order valence-electron chi connectivity index (χ1n) is 4.55. The van der Waals surface area contributed by atoms with Crippen LogP contribution in [0.5, 0.6) is 0 Å². The van der Waals surface area contributed by atoms with Crippen LogP contribution < -0.4 is 5.32 Å². The number of amides is 1. The summed E-state index contributed by atoms with van der Waals surface area (Å²) in [6.45, 7) is -0.197. The molecule has 17 heavy (non-hydrogen) atoms. The minimum absolute atomic E-state index is 0.0380. The van der Waals surface area contributed by atoms with Crippen LogP contribution in [0, 0.1) is 21.4 Å². The van der Waals surface area contributed by atoms with E-state index < -0.39 is 10.8 Å². The Morgan fingerprint density at radius 3 is 2.88 bits per heavy atom. The molecule has 0 atom stereocenters. The maximum Gasteiger partial charge on any atom is 0.294 e. The maximum absolute atomic E-state index is 11.2. The molecule has 0 spiro atoms. The van der Waals surface area contributed by atoms with Crippen molar-refractivity contribution in [3.63, 3.8) is 0 Å². The Labute approximate surface area is 96.8 Å². The highest BCUT2D eigenvalue weighted by atomic mass is 16.6. The summed E-state index contributed by atoms with van der Waals surface area (Å²) in [4.78, 5) is 21.3. The first-order chi connectivity index (χ1) is 8.08. The van der Waals surface area contributed by atoms with Gasteiger partial charge in [-0.2, -0.15) is 5.26 Å². The molecule has 0 radical (unpaired) electrons. The Bertz CT molecular complexity index is 493. The highest BCUT2D eigenvalue weighted by Gasteiger charge is 2.16. The molecule has 0 aliphatic heterocycles. The summed E-state index contributed by atoms with van der Waals surface area (Å²) < 4.78 is 4.59. The number of nitrogens with zero attached hydrogens (tertiary/aromatic N) is 2. The van der Waals surface area contributed by atoms with Gasteiger partial charge in [0, 0.05) is 13.2 Å². The molecule has 1 rings (SSSR count). The van der Waals surface area contributed by atoms with Gasteiger partial charge in [-0.15, -0.1) is 0 Å². The Morgan fingerprint density at radius 2 is 2.35 bits per heavy atom. The summed E-state index contributed by atoms with van der Waals surface area (Å²) in [5.74, 6) is -0.500. The van der Waals surface area contributed by atoms with Gasteiger partial charge in [-0.25, -0.2) is 0 Å². The van der Waals surface area contributed by atoms with Crippen LogP contribution in [0.15, 0.2) is 18.2 Å². The van der Waals surface area contributed by atoms with Gasteiger partial charge >= 0.3 is 0 Å². The van der Waals surface area contributed by atoms with E-state index in [0.29, 0.717) is 0 Å². The molecule has 0 bridgehead atoms. The number of nitrogens with one attached hydrogen (secondary N) is 1. The quantitative estimate of drug-likeness (QED) is 0.620. The summed E-state index contributed by atoms with van der Waals surface area (Å²) in [7, 11) is 1.34. The Hall–Kier alpha value is -2.46. The molecule has 88 valence electrons. The average molecular weight is 235 g/mol. The smallest absolute Gasteiger partial charge is 0.294 e. The lowest BCUT2D eigenvalue weighted by Gasteiger charge is -2.05. The van der Waals surface area contributed by atoms with E-state index in [1.807, 2.05) is 0 Å². The zero-order valence-electron chi connectivity index (χ0n) is 8.97. The molecule has 1 amide bonds. The minimum atomic E-state index is -0.663. The molecule has 0 fully saturated rings. The second-order valence-corrected chi connectivity index (χ2v) is 3.08. The molecule has 0 unspecified atom stereocenters. The second-order valence-electron chi connectivity index (χ2n) is 3.08. The van der Waals surface area contributed by atoms with Gasteiger partial charge in [0.25, 0.3) is 11.6 Å². The number of nitro groups is 1. The number of rotatable bonds is 4. The monoisotopic (exact) mass is 235 g/mol. The zero-order valence-corrected chi connectivity index (χ0v) is 8.97. The van der Waals surface area contributed by atoms with E-state index in [2.05, 4.69) is 10.1 Å². The van der Waals surface area contributed by atoms with Crippen molar-refractivity contribution in [2.75, 3.05) is 19.0 Å². The van der Waals surface area contributed by atoms with E-state index in [-0.39, 0.29) is 23.5 Å². The molecule has 0 aliphatic carbocycles. The summed E-state index contributed by atoms with van der Waals surface area (Å²) in [5.41, 5.74) is -0.133. The van der Waals surface area contributed by atoms with Gasteiger partial charge in [-0.05, 0) is 12.1 Å². The topological polar surface area (TPSA) is 105 Å². The number of carbonyl (C=O) groups excluding carboxylic acids is 1. The number of carbonyl (C=O) groups is 1. The summed E-state index contributed by atoms with van der Waals surface area (Å²) in [6, 6.07) is 5.58. The Morgan fingerprint density at radius 1 is 1.65 bits per heavy atom. The van der Waals surface area contributed by atoms with E-state index in [9.17, 15) is 14.9 Å². The number of nitro benzene ring substituents is 1. The first-order valence-corrected chi connectivity index (χ1v) is 4.55. The van der Waals surface area contributed by atoms with Gasteiger partial charge in [0.15, 0.2) is 0 Å². The minimum Gasteiger partial charge on any atom is -0.375 e. The fraction of sp³-hybridized carbons (Fsp3) is 0.200. The summed E-state index contributed by atoms with van der Waals surface area (Å²) in [5, 5.41) is 21.7. The van der Waals surface area contributed by atoms with E-state index in [1.165, 1.54) is 19.2 Å². The van der Waals surface area contributed by atoms with Crippen LogP contribution in [0.4, 0.5) is 11.4 Å². The van der Waals surface area contributed by atoms with Crippen LogP contribution in [0.1, 0.15) is 5.56 Å². The molecule has 0 aliphatic rings. The lowest BCUT2D eigenvalue weighted by Crippen LogP contribution is -2.17. The zero-order chi connectivity index (χ0) is 12.8. The van der Waals surface area contributed by atoms with Gasteiger partial charge < -0.3 is 10.1 Å². The highest BCUT2D eigenvalue weighted by molar-refractivity contribution is 5.94. The number of anilines is 1. The van der Waals surface area contributed by atoms with Crippen molar-refractivity contribution in [3.8, 4) is 6.07 Å². The number of ether oxygens (including phenoxy) is 1. The lowest BCUT2D eigenvalue weighted by molar-refractivity contribution is -0.383. The number of nitriles is 1. The summed E-state index contributed by atoms with van der Waals surface area (Å²) in [6.07, 6.45) is 0. The Kier molecular flexibility index (Phi) is 4.14. The highest BCUT2D eigenvalue weighted by Crippen LogP contribution is 2.25. The van der Waals surface area contributed by atoms with Gasteiger partial charge in [-0.1, -0.05) is 0 Å². The lowest BCUT2D eigenvalue weighted by atomic mass is 10.2. The van der Waals surface area contributed by atoms with Gasteiger partial charge in [0.05, 0.1) is 16.6 Å². The van der Waals surface area contributed by atoms with Crippen LogP contribution in [0.2, 0.25) is 0 Å². The van der Waals surface area contributed by atoms with E-state index in [4.69, 9.17) is 5.26 Å². The molecule has 0 saturated carbocycles. The molecule has 1 aromatic rings. The van der Waals surface area contributed by atoms with Crippen molar-refractivity contribution in [2.24, 2.45) is 0 Å². The maximum atomic E-state index is 11.2. The Balaban J connectivity index is 3.03. The average Bonchev–Trinajstić information content (AvgIpc) is 2.29. The predicted molar refractivity (Wildman–Crippen MR) is 58.3 cm³/mol. The normalized spacial score (nSPS) is 9.41. The molecule has 1 aromatic carbocycles. The van der Waals surface area contributed by atoms with Crippen LogP contribution in [0.3, 0.4) is 0 Å². The fourth-order valence-electron chi connectivity index (χ4n) is 1.18. The summed E-state index contributed by atoms with van der Waals surface area (Å²) >= 11 is 0. The third-order valence-electron chi connectivity index (χ3n) is 1.87. The largest absolute Gasteiger partial charge is 0.375 e. The molecular formula is C10H9N3O4. The number of hydrogen-bond donors (Lipinski definition) is 1. The van der Waals surface area contributed by atoms with Gasteiger partial charge in [0.1, 0.15) is 12.3 Å². The third-order valence-corrected chi connectivity index (χ3v) is 1.87. The van der Waals surface area contributed by atoms with E-state index in [1.54, 1.807) is 6.07 Å². The number of hydrogen-bond acceptors (Lipinski definition) is 5. The van der Waals surface area contributed by atoms with Gasteiger partial charge in [0.2, 0.25) is 0 Å². The van der Waals surface area contributed by atoms with Crippen molar-refractivity contribution in [2.45, 2.75) is 0 Å². The van der Waals surface area contributed by atoms with Crippen molar-refractivity contribution in [1.29, 1.82) is 5.26 Å². The van der Waals surface area contributed by atoms with Crippen molar-refractivity contribution >= 4 is 17.3 Å². The SMILES string of the molecule is COCC(=O)Nc1ccc(C#N)cc1[N+](=O)[O-]. The van der Waals surface area contributed by atoms with Crippen LogP contribution in [-0.4, -0.2) is 24.5 Å². The fourth-order valence-corrected chi connectivity index (χ4v) is 1.18. The standard InChI is InChI=1S/C10H9N3O4/c1-17-6-10(14)12-8-3-2-7(5-11)4-9(8)13(15)16/h2-4H,6H2,1H3,(H,12,14). The molecular weight excluding hydrogens is 226 g/mol. The molecule has 0 aromatic heterocycles. The molecule has 0 heterocycles. The number of methoxy groups -OCH3 is 1. The van der Waals surface area contributed by atoms with E-state index >= 15 is 0 Å². The van der Waals surface area contributed by atoms with Crippen molar-refractivity contribution in [1.82, 2.24) is 0 Å². The molecule has 1 N–H and O–H groups in total.